The summed E-state index contributed by atoms with van der Waals surface area (Å²) in [6, 6.07) is 0. The average Bonchev–Trinajstić information content (AvgIpc) is 3.23. The second-order valence-corrected chi connectivity index (χ2v) is 11.1. The van der Waals surface area contributed by atoms with Crippen LogP contribution in [0.5, 0.6) is 0 Å². The van der Waals surface area contributed by atoms with Gasteiger partial charge in [-0.3, -0.25) is 18.9 Å². The number of aliphatic hydroxyl groups excluding tert-OH is 1. The molecule has 8 N–H and O–H groups in total. The third kappa shape index (κ3) is 6.82. The number of phosphoric ester groups is 1. The maximum absolute atomic E-state index is 12.0. The van der Waals surface area contributed by atoms with Gasteiger partial charge in [0.1, 0.15) is 24.9 Å². The van der Waals surface area contributed by atoms with Crippen molar-refractivity contribution in [2.45, 2.75) is 24.5 Å². The van der Waals surface area contributed by atoms with E-state index in [9.17, 15) is 33.4 Å². The van der Waals surface area contributed by atoms with E-state index < -0.39 is 60.2 Å². The van der Waals surface area contributed by atoms with Crippen LogP contribution >= 0.6 is 23.5 Å². The highest BCUT2D eigenvalue weighted by atomic mass is 31.3. The number of aromatic amines is 1. The van der Waals surface area contributed by atoms with Crippen molar-refractivity contribution in [1.82, 2.24) is 19.5 Å². The molecule has 0 amide bonds. The summed E-state index contributed by atoms with van der Waals surface area (Å²) in [5, 5.41) is 10.7. The van der Waals surface area contributed by atoms with E-state index in [-0.39, 0.29) is 23.7 Å². The zero-order chi connectivity index (χ0) is 26.2. The molecule has 0 radical (unpaired) electrons. The molecule has 0 spiro atoms. The van der Waals surface area contributed by atoms with E-state index in [0.29, 0.717) is 0 Å². The number of aromatic nitrogens is 4. The number of imidazole rings is 1. The number of anilines is 1. The molecule has 194 valence electrons. The Morgan fingerprint density at radius 3 is 2.54 bits per heavy atom. The van der Waals surface area contributed by atoms with Crippen LogP contribution in [0.3, 0.4) is 0 Å². The molecular formula is C13H18N5O14P3. The Morgan fingerprint density at radius 1 is 1.23 bits per heavy atom. The Hall–Kier alpha value is -2.00. The van der Waals surface area contributed by atoms with Crippen molar-refractivity contribution >= 4 is 40.6 Å². The van der Waals surface area contributed by atoms with Crippen LogP contribution < -0.4 is 11.3 Å². The van der Waals surface area contributed by atoms with Crippen LogP contribution in [-0.2, 0) is 36.3 Å². The first-order valence-corrected chi connectivity index (χ1v) is 13.5. The molecule has 1 aliphatic rings. The first kappa shape index (κ1) is 27.6. The number of fused-ring (bicyclic) bond motifs is 1. The molecular weight excluding hydrogens is 543 g/mol. The van der Waals surface area contributed by atoms with E-state index in [1.807, 2.05) is 0 Å². The van der Waals surface area contributed by atoms with E-state index in [2.05, 4.69) is 34.0 Å². The summed E-state index contributed by atoms with van der Waals surface area (Å²) in [6.07, 6.45) is 0.648. The molecule has 1 fully saturated rings. The Bertz CT molecular complexity index is 1330. The van der Waals surface area contributed by atoms with Gasteiger partial charge in [-0.2, -0.15) is 13.6 Å². The minimum absolute atomic E-state index is 0.0838. The Balaban J connectivity index is 1.81. The van der Waals surface area contributed by atoms with Crippen LogP contribution in [0, 0.1) is 12.3 Å². The van der Waals surface area contributed by atoms with E-state index in [0.717, 1.165) is 10.9 Å². The summed E-state index contributed by atoms with van der Waals surface area (Å²) in [7, 11) is -16.8. The van der Waals surface area contributed by atoms with Gasteiger partial charge in [0.25, 0.3) is 5.56 Å². The van der Waals surface area contributed by atoms with Crippen molar-refractivity contribution in [3.63, 3.8) is 0 Å². The molecule has 3 rings (SSSR count). The molecule has 22 heteroatoms. The van der Waals surface area contributed by atoms with Crippen LogP contribution in [0.25, 0.3) is 11.2 Å². The fourth-order valence-corrected chi connectivity index (χ4v) is 6.06. The van der Waals surface area contributed by atoms with Gasteiger partial charge in [0.05, 0.1) is 12.9 Å². The molecule has 1 aliphatic heterocycles. The number of terminal acetylenes is 1. The molecule has 6 atom stereocenters. The first-order valence-electron chi connectivity index (χ1n) is 9.02. The summed E-state index contributed by atoms with van der Waals surface area (Å²) in [5.41, 5.74) is 4.63. The van der Waals surface area contributed by atoms with Crippen molar-refractivity contribution in [3.05, 3.63) is 16.7 Å². The number of rotatable bonds is 10. The number of nitrogen functional groups attached to an aromatic ring is 1. The van der Waals surface area contributed by atoms with Crippen LogP contribution in [0.1, 0.15) is 6.23 Å². The predicted octanol–water partition coefficient (Wildman–Crippen LogP) is -1.68. The zero-order valence-corrected chi connectivity index (χ0v) is 19.7. The minimum atomic E-state index is -5.74. The number of nitrogens with two attached hydrogens (primary N) is 1. The van der Waals surface area contributed by atoms with Gasteiger partial charge >= 0.3 is 23.5 Å². The molecule has 3 heterocycles. The number of H-pyrrole nitrogens is 1. The van der Waals surface area contributed by atoms with Gasteiger partial charge in [-0.25, -0.2) is 18.7 Å². The Morgan fingerprint density at radius 2 is 1.91 bits per heavy atom. The quantitative estimate of drug-likeness (QED) is 0.126. The molecule has 0 aliphatic carbocycles. The van der Waals surface area contributed by atoms with E-state index in [4.69, 9.17) is 31.4 Å². The fraction of sp³-hybridized carbons (Fsp3) is 0.462. The topological polar surface area (TPSA) is 288 Å². The number of ether oxygens (including phenoxy) is 2. The largest absolute Gasteiger partial charge is 0.490 e. The Kier molecular flexibility index (Phi) is 8.01. The number of nitrogens with one attached hydrogen (secondary N) is 1. The molecule has 2 aromatic rings. The van der Waals surface area contributed by atoms with Crippen molar-refractivity contribution in [2.75, 3.05) is 18.9 Å². The van der Waals surface area contributed by atoms with Gasteiger partial charge in [-0.05, 0) is 0 Å². The highest BCUT2D eigenvalue weighted by Crippen LogP contribution is 2.66. The zero-order valence-electron chi connectivity index (χ0n) is 17.0. The summed E-state index contributed by atoms with van der Waals surface area (Å²) in [5.74, 6) is 1.88. The number of hydrogen-bond acceptors (Lipinski definition) is 13. The van der Waals surface area contributed by atoms with Crippen LogP contribution in [-0.4, -0.2) is 75.7 Å². The molecule has 2 unspecified atom stereocenters. The predicted molar refractivity (Wildman–Crippen MR) is 111 cm³/mol. The molecule has 1 saturated heterocycles. The lowest BCUT2D eigenvalue weighted by Crippen LogP contribution is -2.36. The summed E-state index contributed by atoms with van der Waals surface area (Å²) in [4.78, 5) is 58.1. The van der Waals surface area contributed by atoms with Gasteiger partial charge in [-0.1, -0.05) is 5.92 Å². The summed E-state index contributed by atoms with van der Waals surface area (Å²) >= 11 is 0. The third-order valence-electron chi connectivity index (χ3n) is 4.21. The molecule has 0 bridgehead atoms. The lowest BCUT2D eigenvalue weighted by Gasteiger charge is -2.21. The number of hydrogen-bond donors (Lipinski definition) is 7. The standard InChI is InChI=1S/C13H18N5O14P3/c1-2-3-28-9-6(4-29-34(24,25)32-35(26,27)31-33(21,22)23)30-12(8(9)19)18-5-15-7-10(18)16-13(14)17-11(7)20/h1,5-6,8-9,12,19H,3-4H2,(H,24,25)(H,26,27)(H2,21,22,23)(H3,14,16,17,20)/t6-,8-,9-,12-/m1/s1. The normalized spacial score (nSPS) is 26.3. The lowest BCUT2D eigenvalue weighted by molar-refractivity contribution is -0.0550. The lowest BCUT2D eigenvalue weighted by atomic mass is 10.1. The maximum Gasteiger partial charge on any atom is 0.490 e. The van der Waals surface area contributed by atoms with Crippen LogP contribution in [0.15, 0.2) is 11.1 Å². The van der Waals surface area contributed by atoms with Gasteiger partial charge in [0, 0.05) is 0 Å². The first-order chi connectivity index (χ1) is 16.1. The van der Waals surface area contributed by atoms with Crippen molar-refractivity contribution in [3.8, 4) is 12.3 Å². The third-order valence-corrected chi connectivity index (χ3v) is 8.01. The average molecular weight is 561 g/mol. The molecule has 0 aromatic carbocycles. The SMILES string of the molecule is C#CCO[C@H]1[C@@H](O)[C@H](n2cnc3c(=O)[nH]c(N)nc32)O[C@@H]1COP(=O)(O)OP(=O)(O)OP(=O)(O)O. The number of aliphatic hydroxyl groups is 1. The monoisotopic (exact) mass is 561 g/mol. The van der Waals surface area contributed by atoms with Crippen molar-refractivity contribution in [1.29, 1.82) is 0 Å². The van der Waals surface area contributed by atoms with Gasteiger partial charge in [0.2, 0.25) is 5.95 Å². The second-order valence-electron chi connectivity index (χ2n) is 6.70. The highest BCUT2D eigenvalue weighted by Gasteiger charge is 2.48. The number of nitrogens with zero attached hydrogens (tertiary/aromatic N) is 3. The van der Waals surface area contributed by atoms with E-state index in [1.165, 1.54) is 0 Å². The smallest absolute Gasteiger partial charge is 0.386 e. The molecule has 0 saturated carbocycles. The fourth-order valence-electron chi connectivity index (χ4n) is 3.03. The molecule has 19 nitrogen and oxygen atoms in total. The second kappa shape index (κ2) is 10.2. The molecule has 2 aromatic heterocycles. The number of phosphoric acid groups is 3. The minimum Gasteiger partial charge on any atom is -0.386 e. The summed E-state index contributed by atoms with van der Waals surface area (Å²) in [6.45, 7) is -1.28. The van der Waals surface area contributed by atoms with Crippen molar-refractivity contribution < 1.29 is 61.0 Å². The maximum atomic E-state index is 12.0. The van der Waals surface area contributed by atoms with Crippen molar-refractivity contribution in [2.24, 2.45) is 0 Å². The van der Waals surface area contributed by atoms with Gasteiger partial charge in [-0.15, -0.1) is 6.42 Å². The van der Waals surface area contributed by atoms with Crippen LogP contribution in [0.4, 0.5) is 5.95 Å². The highest BCUT2D eigenvalue weighted by molar-refractivity contribution is 7.66. The van der Waals surface area contributed by atoms with Gasteiger partial charge in [0.15, 0.2) is 17.4 Å². The summed E-state index contributed by atoms with van der Waals surface area (Å²) < 4.78 is 58.0. The van der Waals surface area contributed by atoms with E-state index in [1.54, 1.807) is 0 Å². The van der Waals surface area contributed by atoms with Gasteiger partial charge < -0.3 is 39.9 Å². The molecule has 35 heavy (non-hydrogen) atoms. The Labute approximate surface area is 194 Å². The van der Waals surface area contributed by atoms with E-state index >= 15 is 0 Å². The van der Waals surface area contributed by atoms with Crippen LogP contribution in [0.2, 0.25) is 0 Å².